The molecule has 4 aromatic heterocycles. The third kappa shape index (κ3) is 3.27. The molecule has 0 bridgehead atoms. The second-order valence-electron chi connectivity index (χ2n) is 7.32. The maximum absolute atomic E-state index is 5.62. The van der Waals surface area contributed by atoms with Gasteiger partial charge in [-0.1, -0.05) is 0 Å². The largest absolute Gasteiger partial charge is 0.480 e. The number of fused-ring (bicyclic) bond motifs is 2. The van der Waals surface area contributed by atoms with Crippen LogP contribution in [0.15, 0.2) is 30.9 Å². The summed E-state index contributed by atoms with van der Waals surface area (Å²) in [5.41, 5.74) is 3.47. The zero-order valence-electron chi connectivity index (χ0n) is 16.4. The summed E-state index contributed by atoms with van der Waals surface area (Å²) >= 11 is 0. The highest BCUT2D eigenvalue weighted by Gasteiger charge is 2.23. The van der Waals surface area contributed by atoms with Gasteiger partial charge in [-0.15, -0.1) is 0 Å². The summed E-state index contributed by atoms with van der Waals surface area (Å²) in [6.45, 7) is 0. The van der Waals surface area contributed by atoms with Gasteiger partial charge in [0.25, 0.3) is 0 Å². The van der Waals surface area contributed by atoms with E-state index in [1.165, 1.54) is 6.33 Å². The predicted octanol–water partition coefficient (Wildman–Crippen LogP) is 3.05. The molecule has 150 valence electrons. The molecule has 1 aliphatic rings. The molecule has 0 unspecified atom stereocenters. The van der Waals surface area contributed by atoms with E-state index in [2.05, 4.69) is 25.4 Å². The molecule has 9 heteroatoms. The number of ether oxygens (including phenoxy) is 2. The lowest BCUT2D eigenvalue weighted by molar-refractivity contribution is 0.0681. The summed E-state index contributed by atoms with van der Waals surface area (Å²) in [7, 11) is 3.41. The van der Waals surface area contributed by atoms with Gasteiger partial charge in [0.1, 0.15) is 12.0 Å². The van der Waals surface area contributed by atoms with Gasteiger partial charge in [-0.2, -0.15) is 15.1 Å². The Morgan fingerprint density at radius 2 is 2.00 bits per heavy atom. The van der Waals surface area contributed by atoms with Gasteiger partial charge in [0.15, 0.2) is 5.65 Å². The van der Waals surface area contributed by atoms with Crippen molar-refractivity contribution < 1.29 is 9.47 Å². The Morgan fingerprint density at radius 3 is 2.79 bits per heavy atom. The average molecular weight is 393 g/mol. The minimum atomic E-state index is 0.340. The van der Waals surface area contributed by atoms with E-state index in [1.54, 1.807) is 18.7 Å². The highest BCUT2D eigenvalue weighted by Crippen LogP contribution is 2.34. The standard InChI is InChI=1S/C20H23N7O2/c1-28-14-6-4-13(5-7-14)24-20-25-18-17(19(26-20)29-2)15(9-21-18)12-3-8-16-22-11-23-27(16)10-12/h3,8-11,13-14H,4-7H2,1-2H3,(H2,21,24,25,26). The van der Waals surface area contributed by atoms with E-state index in [9.17, 15) is 0 Å². The molecule has 29 heavy (non-hydrogen) atoms. The van der Waals surface area contributed by atoms with Crippen LogP contribution < -0.4 is 10.1 Å². The van der Waals surface area contributed by atoms with E-state index in [-0.39, 0.29) is 0 Å². The van der Waals surface area contributed by atoms with Gasteiger partial charge < -0.3 is 19.8 Å². The summed E-state index contributed by atoms with van der Waals surface area (Å²) in [5.74, 6) is 1.12. The molecule has 0 aromatic carbocycles. The number of aromatic nitrogens is 6. The second kappa shape index (κ2) is 7.32. The van der Waals surface area contributed by atoms with Crippen LogP contribution in [0.5, 0.6) is 5.88 Å². The Kier molecular flexibility index (Phi) is 4.51. The van der Waals surface area contributed by atoms with Gasteiger partial charge >= 0.3 is 0 Å². The van der Waals surface area contributed by atoms with E-state index in [1.807, 2.05) is 24.5 Å². The number of nitrogens with one attached hydrogen (secondary N) is 2. The molecule has 0 atom stereocenters. The van der Waals surface area contributed by atoms with Crippen molar-refractivity contribution in [1.82, 2.24) is 29.5 Å². The van der Waals surface area contributed by atoms with Crippen LogP contribution in [0.4, 0.5) is 5.95 Å². The second-order valence-corrected chi connectivity index (χ2v) is 7.32. The summed E-state index contributed by atoms with van der Waals surface area (Å²) < 4.78 is 12.8. The van der Waals surface area contributed by atoms with Crippen LogP contribution in [0, 0.1) is 0 Å². The number of hydrogen-bond acceptors (Lipinski definition) is 7. The molecule has 1 saturated carbocycles. The third-order valence-corrected chi connectivity index (χ3v) is 5.62. The van der Waals surface area contributed by atoms with Crippen molar-refractivity contribution in [3.05, 3.63) is 30.9 Å². The Balaban J connectivity index is 1.47. The van der Waals surface area contributed by atoms with Gasteiger partial charge in [-0.05, 0) is 37.8 Å². The molecule has 1 aliphatic carbocycles. The van der Waals surface area contributed by atoms with Crippen LogP contribution in [-0.4, -0.2) is 55.9 Å². The molecule has 0 saturated heterocycles. The average Bonchev–Trinajstić information content (AvgIpc) is 3.40. The SMILES string of the molecule is COc1nc(NC2CCC(OC)CC2)nc2[nH]cc(-c3ccc4ncnn4c3)c12. The molecule has 0 spiro atoms. The number of pyridine rings is 1. The first-order valence-corrected chi connectivity index (χ1v) is 9.77. The highest BCUT2D eigenvalue weighted by atomic mass is 16.5. The molecular formula is C20H23N7O2. The fraction of sp³-hybridized carbons (Fsp3) is 0.400. The molecule has 0 radical (unpaired) electrons. The Labute approximate surface area is 167 Å². The number of methoxy groups -OCH3 is 2. The fourth-order valence-corrected chi connectivity index (χ4v) is 4.04. The first kappa shape index (κ1) is 17.9. The fourth-order valence-electron chi connectivity index (χ4n) is 4.04. The minimum Gasteiger partial charge on any atom is -0.480 e. The first-order chi connectivity index (χ1) is 14.2. The Hall–Kier alpha value is -3.20. The molecule has 0 aliphatic heterocycles. The molecule has 1 fully saturated rings. The van der Waals surface area contributed by atoms with Crippen molar-refractivity contribution in [2.24, 2.45) is 0 Å². The quantitative estimate of drug-likeness (QED) is 0.537. The lowest BCUT2D eigenvalue weighted by atomic mass is 9.93. The number of anilines is 1. The number of hydrogen-bond donors (Lipinski definition) is 2. The van der Waals surface area contributed by atoms with Crippen LogP contribution in [-0.2, 0) is 4.74 Å². The van der Waals surface area contributed by atoms with Crippen molar-refractivity contribution >= 4 is 22.6 Å². The lowest BCUT2D eigenvalue weighted by Gasteiger charge is -2.28. The number of rotatable bonds is 5. The Bertz CT molecular complexity index is 1140. The number of nitrogens with zero attached hydrogens (tertiary/aromatic N) is 5. The van der Waals surface area contributed by atoms with Gasteiger partial charge in [0.05, 0.1) is 18.6 Å². The summed E-state index contributed by atoms with van der Waals surface area (Å²) in [6, 6.07) is 4.28. The van der Waals surface area contributed by atoms with E-state index in [0.717, 1.165) is 53.5 Å². The maximum Gasteiger partial charge on any atom is 0.228 e. The van der Waals surface area contributed by atoms with Crippen molar-refractivity contribution in [2.75, 3.05) is 19.5 Å². The first-order valence-electron chi connectivity index (χ1n) is 9.77. The van der Waals surface area contributed by atoms with Crippen molar-refractivity contribution in [3.8, 4) is 17.0 Å². The van der Waals surface area contributed by atoms with Crippen LogP contribution in [0.2, 0.25) is 0 Å². The zero-order valence-corrected chi connectivity index (χ0v) is 16.4. The van der Waals surface area contributed by atoms with E-state index in [4.69, 9.17) is 14.5 Å². The van der Waals surface area contributed by atoms with Crippen LogP contribution in [0.3, 0.4) is 0 Å². The van der Waals surface area contributed by atoms with Gasteiger partial charge in [0.2, 0.25) is 11.8 Å². The number of aromatic amines is 1. The molecule has 4 aromatic rings. The lowest BCUT2D eigenvalue weighted by Crippen LogP contribution is -2.29. The summed E-state index contributed by atoms with van der Waals surface area (Å²) in [5, 5.41) is 8.53. The van der Waals surface area contributed by atoms with Crippen LogP contribution in [0.1, 0.15) is 25.7 Å². The molecular weight excluding hydrogens is 370 g/mol. The monoisotopic (exact) mass is 393 g/mol. The molecule has 4 heterocycles. The van der Waals surface area contributed by atoms with E-state index >= 15 is 0 Å². The van der Waals surface area contributed by atoms with Crippen molar-refractivity contribution in [1.29, 1.82) is 0 Å². The van der Waals surface area contributed by atoms with E-state index < -0.39 is 0 Å². The van der Waals surface area contributed by atoms with Gasteiger partial charge in [-0.3, -0.25) is 0 Å². The normalized spacial score (nSPS) is 19.7. The summed E-state index contributed by atoms with van der Waals surface area (Å²) in [4.78, 5) is 16.8. The van der Waals surface area contributed by atoms with Crippen LogP contribution >= 0.6 is 0 Å². The zero-order chi connectivity index (χ0) is 19.8. The molecule has 2 N–H and O–H groups in total. The highest BCUT2D eigenvalue weighted by molar-refractivity contribution is 5.97. The smallest absolute Gasteiger partial charge is 0.228 e. The maximum atomic E-state index is 5.62. The molecule has 5 rings (SSSR count). The molecule has 9 nitrogen and oxygen atoms in total. The van der Waals surface area contributed by atoms with Gasteiger partial charge in [0, 0.05) is 36.7 Å². The minimum absolute atomic E-state index is 0.340. The van der Waals surface area contributed by atoms with Crippen molar-refractivity contribution in [3.63, 3.8) is 0 Å². The van der Waals surface area contributed by atoms with E-state index in [0.29, 0.717) is 24.0 Å². The predicted molar refractivity (Wildman–Crippen MR) is 109 cm³/mol. The third-order valence-electron chi connectivity index (χ3n) is 5.62. The van der Waals surface area contributed by atoms with Crippen LogP contribution in [0.25, 0.3) is 27.8 Å². The molecule has 0 amide bonds. The van der Waals surface area contributed by atoms with Gasteiger partial charge in [-0.25, -0.2) is 9.50 Å². The topological polar surface area (TPSA) is 102 Å². The van der Waals surface area contributed by atoms with Crippen molar-refractivity contribution in [2.45, 2.75) is 37.8 Å². The summed E-state index contributed by atoms with van der Waals surface area (Å²) in [6.07, 6.45) is 9.93. The number of H-pyrrole nitrogens is 1. The Morgan fingerprint density at radius 1 is 1.14 bits per heavy atom.